The first-order valence-corrected chi connectivity index (χ1v) is 21.8. The molecular weight excluding hydrogens is 955 g/mol. The van der Waals surface area contributed by atoms with Gasteiger partial charge in [-0.1, -0.05) is 22.2 Å². The number of hydrogen-bond donors (Lipinski definition) is 7. The summed E-state index contributed by atoms with van der Waals surface area (Å²) < 4.78 is 58.4. The molecule has 0 saturated heterocycles. The topological polar surface area (TPSA) is 337 Å². The van der Waals surface area contributed by atoms with Gasteiger partial charge in [-0.3, -0.25) is 9.54 Å². The number of hydrogen-bond acceptors (Lipinski definition) is 25. The van der Waals surface area contributed by atoms with Crippen LogP contribution in [0.4, 0.5) is 57.4 Å². The minimum Gasteiger partial charge on any atom is -0.505 e. The lowest BCUT2D eigenvalue weighted by molar-refractivity contribution is -0.432. The Morgan fingerprint density at radius 1 is 0.647 bits per heavy atom. The van der Waals surface area contributed by atoms with E-state index in [4.69, 9.17) is 29.1 Å². The standard InChI is InChI=1S/C40H33N11O14S3/c1-59-32-18-25(47-46-24-7-4-8-26(16-24)66-64-62-54)11-13-29(32)48-49-30-19-34(61-3)31(20-33(30)60-2)50-51-36-35(67-65-63-55)15-21-14-23(10-12-28(21)37(36)52)42-39-43-38(44-40(53)45-39)41-22-6-5-9-27(17-22)68(56,57)58/h4-20,52,54-55H,1-3H3,(H,56,57,58)(H3,41,42,43,44,45,53). The van der Waals surface area contributed by atoms with E-state index in [0.717, 1.165) is 18.1 Å². The molecule has 1 aromatic heterocycles. The number of ether oxygens (including phenoxy) is 3. The van der Waals surface area contributed by atoms with Crippen molar-refractivity contribution in [3.63, 3.8) is 0 Å². The van der Waals surface area contributed by atoms with Crippen LogP contribution in [0.15, 0.2) is 153 Å². The number of nitrogens with one attached hydrogen (secondary N) is 3. The van der Waals surface area contributed by atoms with Gasteiger partial charge in [-0.15, -0.1) is 29.1 Å². The van der Waals surface area contributed by atoms with Gasteiger partial charge in [0.25, 0.3) is 10.1 Å². The SMILES string of the molecule is COc1cc(N=Nc2cccc(SOOO)c2)ccc1N=Nc1cc(OC)c(N=Nc2c(SOOO)cc3cc(Nc4nc(Nc5cccc(S(=O)(=O)O)c5)nc(=O)[nH]4)ccc3c2O)cc1OC. The molecule has 0 aliphatic heterocycles. The number of anilines is 4. The fourth-order valence-corrected chi connectivity index (χ4v) is 7.39. The smallest absolute Gasteiger partial charge is 0.351 e. The van der Waals surface area contributed by atoms with Gasteiger partial charge in [0, 0.05) is 39.9 Å². The Balaban J connectivity index is 1.12. The lowest BCUT2D eigenvalue weighted by Crippen LogP contribution is -2.16. The number of aromatic nitrogens is 3. The van der Waals surface area contributed by atoms with Gasteiger partial charge >= 0.3 is 5.69 Å². The third-order valence-electron chi connectivity index (χ3n) is 8.93. The van der Waals surface area contributed by atoms with Crippen LogP contribution >= 0.6 is 24.1 Å². The van der Waals surface area contributed by atoms with Crippen LogP contribution < -0.4 is 30.5 Å². The van der Waals surface area contributed by atoms with Crippen LogP contribution in [0.2, 0.25) is 0 Å². The van der Waals surface area contributed by atoms with Gasteiger partial charge in [0.1, 0.15) is 40.0 Å². The second kappa shape index (κ2) is 22.2. The molecular formula is C40H33N11O14S3. The van der Waals surface area contributed by atoms with Crippen LogP contribution in [-0.4, -0.2) is 64.9 Å². The number of benzene rings is 6. The van der Waals surface area contributed by atoms with Gasteiger partial charge in [-0.2, -0.15) is 28.6 Å². The van der Waals surface area contributed by atoms with Crippen LogP contribution in [0.3, 0.4) is 0 Å². The highest BCUT2D eigenvalue weighted by Gasteiger charge is 2.18. The summed E-state index contributed by atoms with van der Waals surface area (Å²) in [6.45, 7) is 0. The molecule has 0 radical (unpaired) electrons. The number of azo groups is 3. The van der Waals surface area contributed by atoms with E-state index < -0.39 is 15.8 Å². The zero-order valence-corrected chi connectivity index (χ0v) is 37.4. The molecule has 350 valence electrons. The summed E-state index contributed by atoms with van der Waals surface area (Å²) in [5.41, 5.74) is 1.36. The molecule has 7 aromatic rings. The predicted octanol–water partition coefficient (Wildman–Crippen LogP) is 10.9. The molecule has 0 aliphatic rings. The van der Waals surface area contributed by atoms with E-state index in [1.54, 1.807) is 66.7 Å². The van der Waals surface area contributed by atoms with Crippen LogP contribution in [-0.2, 0) is 28.9 Å². The maximum Gasteiger partial charge on any atom is 0.351 e. The van der Waals surface area contributed by atoms with Crippen molar-refractivity contribution in [3.8, 4) is 23.0 Å². The molecule has 7 N–H and O–H groups in total. The molecule has 6 aromatic carbocycles. The van der Waals surface area contributed by atoms with Crippen molar-refractivity contribution in [3.05, 3.63) is 114 Å². The highest BCUT2D eigenvalue weighted by Crippen LogP contribution is 2.47. The van der Waals surface area contributed by atoms with Crippen LogP contribution in [0.1, 0.15) is 0 Å². The maximum absolute atomic E-state index is 12.4. The molecule has 0 saturated carbocycles. The first kappa shape index (κ1) is 48.3. The Hall–Kier alpha value is -7.64. The van der Waals surface area contributed by atoms with Gasteiger partial charge in [0.05, 0.1) is 66.6 Å². The Morgan fingerprint density at radius 2 is 1.29 bits per heavy atom. The van der Waals surface area contributed by atoms with E-state index in [1.165, 1.54) is 51.7 Å². The minimum atomic E-state index is -4.50. The molecule has 0 fully saturated rings. The van der Waals surface area contributed by atoms with Crippen molar-refractivity contribution in [2.75, 3.05) is 32.0 Å². The molecule has 25 nitrogen and oxygen atoms in total. The molecule has 0 spiro atoms. The first-order valence-electron chi connectivity index (χ1n) is 18.9. The first-order chi connectivity index (χ1) is 32.9. The third-order valence-corrected chi connectivity index (χ3v) is 11.0. The average Bonchev–Trinajstić information content (AvgIpc) is 3.33. The third kappa shape index (κ3) is 12.2. The second-order valence-corrected chi connectivity index (χ2v) is 16.1. The number of methoxy groups -OCH3 is 3. The Bertz CT molecular complexity index is 3240. The zero-order valence-electron chi connectivity index (χ0n) is 35.0. The van der Waals surface area contributed by atoms with Crippen LogP contribution in [0, 0.1) is 0 Å². The number of aromatic amines is 1. The van der Waals surface area contributed by atoms with Gasteiger partial charge < -0.3 is 30.0 Å². The molecule has 28 heteroatoms. The Labute approximate surface area is 391 Å². The molecule has 7 rings (SSSR count). The number of aromatic hydroxyl groups is 1. The molecule has 1 heterocycles. The molecule has 68 heavy (non-hydrogen) atoms. The van der Waals surface area contributed by atoms with Gasteiger partial charge in [-0.05, 0) is 78.2 Å². The average molecular weight is 988 g/mol. The van der Waals surface area contributed by atoms with Crippen molar-refractivity contribution in [2.45, 2.75) is 14.7 Å². The predicted molar refractivity (Wildman–Crippen MR) is 244 cm³/mol. The van der Waals surface area contributed by atoms with Crippen molar-refractivity contribution in [1.29, 1.82) is 0 Å². The molecule has 0 amide bonds. The number of phenols is 1. The number of rotatable bonds is 20. The molecule has 0 unspecified atom stereocenters. The van der Waals surface area contributed by atoms with Gasteiger partial charge in [-0.25, -0.2) is 15.3 Å². The summed E-state index contributed by atoms with van der Waals surface area (Å²) >= 11 is 1.29. The number of phenolic OH excluding ortho intramolecular Hbond substituents is 1. The molecule has 0 aliphatic carbocycles. The summed E-state index contributed by atoms with van der Waals surface area (Å²) in [6.07, 6.45) is 0. The van der Waals surface area contributed by atoms with E-state index in [1.807, 2.05) is 0 Å². The normalized spacial score (nSPS) is 11.8. The van der Waals surface area contributed by atoms with Gasteiger partial charge in [0.15, 0.2) is 5.75 Å². The second-order valence-electron chi connectivity index (χ2n) is 13.2. The van der Waals surface area contributed by atoms with Gasteiger partial charge in [0.2, 0.25) is 11.9 Å². The highest BCUT2D eigenvalue weighted by molar-refractivity contribution is 7.95. The molecule has 0 bridgehead atoms. The highest BCUT2D eigenvalue weighted by atomic mass is 32.2. The fraction of sp³-hybridized carbons (Fsp3) is 0.0750. The minimum absolute atomic E-state index is 0.0630. The quantitative estimate of drug-likeness (QED) is 0.0123. The van der Waals surface area contributed by atoms with E-state index in [-0.39, 0.29) is 61.7 Å². The van der Waals surface area contributed by atoms with E-state index in [9.17, 15) is 22.9 Å². The van der Waals surface area contributed by atoms with Crippen LogP contribution in [0.25, 0.3) is 10.8 Å². The van der Waals surface area contributed by atoms with E-state index in [0.29, 0.717) is 56.2 Å². The largest absolute Gasteiger partial charge is 0.505 e. The zero-order chi connectivity index (χ0) is 48.2. The Kier molecular flexibility index (Phi) is 15.8. The Morgan fingerprint density at radius 3 is 2.00 bits per heavy atom. The monoisotopic (exact) mass is 987 g/mol. The van der Waals surface area contributed by atoms with Crippen molar-refractivity contribution in [1.82, 2.24) is 15.0 Å². The number of H-pyrrole nitrogens is 1. The van der Waals surface area contributed by atoms with Crippen molar-refractivity contribution >= 4 is 102 Å². The van der Waals surface area contributed by atoms with Crippen molar-refractivity contribution in [2.24, 2.45) is 30.7 Å². The summed E-state index contributed by atoms with van der Waals surface area (Å²) in [7, 11) is -0.225. The summed E-state index contributed by atoms with van der Waals surface area (Å²) in [6, 6.07) is 26.2. The van der Waals surface area contributed by atoms with Crippen LogP contribution in [0.5, 0.6) is 23.0 Å². The fourth-order valence-electron chi connectivity index (χ4n) is 5.95. The lowest BCUT2D eigenvalue weighted by Gasteiger charge is -2.12. The maximum atomic E-state index is 12.4. The molecule has 0 atom stereocenters. The summed E-state index contributed by atoms with van der Waals surface area (Å²) in [5, 5.41) is 68.5. The lowest BCUT2D eigenvalue weighted by atomic mass is 10.1. The van der Waals surface area contributed by atoms with Crippen molar-refractivity contribution < 1.29 is 61.5 Å². The summed E-state index contributed by atoms with van der Waals surface area (Å²) in [5.74, 6) is 0.141. The van der Waals surface area contributed by atoms with E-state index in [2.05, 4.69) is 70.7 Å². The summed E-state index contributed by atoms with van der Waals surface area (Å²) in [4.78, 5) is 23.2. The number of nitrogens with zero attached hydrogens (tertiary/aromatic N) is 8. The van der Waals surface area contributed by atoms with E-state index >= 15 is 0 Å². The number of fused-ring (bicyclic) bond motifs is 1.